The van der Waals surface area contributed by atoms with Gasteiger partial charge in [-0.05, 0) is 0 Å². The van der Waals surface area contributed by atoms with Crippen LogP contribution in [-0.4, -0.2) is 16.4 Å². The van der Waals surface area contributed by atoms with Crippen molar-refractivity contribution in [2.24, 2.45) is 0 Å². The van der Waals surface area contributed by atoms with E-state index >= 15 is 0 Å². The molecule has 41 valence electrons. The average molecular weight is 145 g/mol. The molecule has 0 bridgehead atoms. The standard InChI is InChI=1S/CH2O3.Co.Li.O.H/c2-1(3)4;;;;/h(H2,2,3,4);;;;/q;;+1;;-1. The Bertz CT molecular complexity index is 47.3. The van der Waals surface area contributed by atoms with Gasteiger partial charge in [0.1, 0.15) is 0 Å². The van der Waals surface area contributed by atoms with Crippen molar-refractivity contribution < 1.29 is 54.8 Å². The van der Waals surface area contributed by atoms with Crippen molar-refractivity contribution in [2.75, 3.05) is 0 Å². The Morgan fingerprint density at radius 2 is 1.43 bits per heavy atom. The third-order valence-corrected chi connectivity index (χ3v) is 0. The summed E-state index contributed by atoms with van der Waals surface area (Å²) in [5, 5.41) is 13.9. The van der Waals surface area contributed by atoms with Crippen LogP contribution in [0.4, 0.5) is 4.79 Å². The minimum atomic E-state index is -1.83. The molecule has 0 amide bonds. The third-order valence-electron chi connectivity index (χ3n) is 0. The molecule has 0 saturated carbocycles. The van der Waals surface area contributed by atoms with Crippen LogP contribution in [0, 0.1) is 0 Å². The van der Waals surface area contributed by atoms with Crippen molar-refractivity contribution >= 4 is 6.16 Å². The molecule has 0 aliphatic carbocycles. The van der Waals surface area contributed by atoms with Crippen LogP contribution in [0.2, 0.25) is 0 Å². The molecule has 0 aliphatic rings. The zero-order valence-corrected chi connectivity index (χ0v) is 4.59. The molecule has 0 heterocycles. The van der Waals surface area contributed by atoms with Gasteiger partial charge in [-0.1, -0.05) is 0 Å². The molecule has 0 spiro atoms. The van der Waals surface area contributed by atoms with Crippen molar-refractivity contribution in [2.45, 2.75) is 0 Å². The molecule has 6 heteroatoms. The predicted octanol–water partition coefficient (Wildman–Crippen LogP) is -2.78. The summed E-state index contributed by atoms with van der Waals surface area (Å²) in [6.45, 7) is 0. The van der Waals surface area contributed by atoms with Gasteiger partial charge in [0.25, 0.3) is 0 Å². The molecule has 0 fully saturated rings. The van der Waals surface area contributed by atoms with Crippen LogP contribution in [0.5, 0.6) is 0 Å². The van der Waals surface area contributed by atoms with Gasteiger partial charge >= 0.3 is 44.5 Å². The summed E-state index contributed by atoms with van der Waals surface area (Å²) in [5.74, 6) is 0. The van der Waals surface area contributed by atoms with Gasteiger partial charge in [-0.15, -0.1) is 0 Å². The van der Waals surface area contributed by atoms with Crippen molar-refractivity contribution in [1.29, 1.82) is 0 Å². The zero-order valence-electron chi connectivity index (χ0n) is 4.54. The second-order valence-corrected chi connectivity index (χ2v) is 0.283. The van der Waals surface area contributed by atoms with Gasteiger partial charge < -0.3 is 11.6 Å². The number of carbonyl (C=O) groups is 1. The summed E-state index contributed by atoms with van der Waals surface area (Å²) in [6, 6.07) is 0. The molecule has 0 unspecified atom stereocenters. The number of hydrogen-bond acceptors (Lipinski definition) is 2. The number of hydrogen-bond donors (Lipinski definition) is 2. The van der Waals surface area contributed by atoms with Crippen LogP contribution in [0.1, 0.15) is 1.43 Å². The molecule has 0 aromatic heterocycles. The molecule has 0 atom stereocenters. The van der Waals surface area contributed by atoms with Gasteiger partial charge in [0.15, 0.2) is 0 Å². The van der Waals surface area contributed by atoms with E-state index in [4.69, 9.17) is 18.9 Å². The van der Waals surface area contributed by atoms with Gasteiger partial charge in [0, 0.05) is 0 Å². The predicted molar refractivity (Wildman–Crippen MR) is 12.5 cm³/mol. The molecule has 0 aromatic carbocycles. The molecule has 0 aromatic rings. The summed E-state index contributed by atoms with van der Waals surface area (Å²) in [5.41, 5.74) is 0. The van der Waals surface area contributed by atoms with Crippen LogP contribution in [-0.2, 0) is 19.5 Å². The van der Waals surface area contributed by atoms with E-state index in [9.17, 15) is 0 Å². The minimum absolute atomic E-state index is 0. The summed E-state index contributed by atoms with van der Waals surface area (Å²) < 4.78 is 7.94. The van der Waals surface area contributed by atoms with Crippen molar-refractivity contribution in [3.05, 3.63) is 0 Å². The van der Waals surface area contributed by atoms with Gasteiger partial charge in [-0.2, -0.15) is 0 Å². The molecule has 4 nitrogen and oxygen atoms in total. The van der Waals surface area contributed by atoms with E-state index in [-0.39, 0.29) is 20.3 Å². The second kappa shape index (κ2) is 16.4. The first-order valence-electron chi connectivity index (χ1n) is 0.787. The third kappa shape index (κ3) is 3560. The second-order valence-electron chi connectivity index (χ2n) is 0.283. The molecule has 7 heavy (non-hydrogen) atoms. The van der Waals surface area contributed by atoms with Gasteiger partial charge in [-0.25, -0.2) is 4.79 Å². The first-order chi connectivity index (χ1) is 2.73. The molecular formula is CH3CoLiO4. The first-order valence-corrected chi connectivity index (χ1v) is 1.21. The van der Waals surface area contributed by atoms with Crippen LogP contribution < -0.4 is 18.9 Å². The van der Waals surface area contributed by atoms with E-state index in [1.165, 1.54) is 0 Å². The van der Waals surface area contributed by atoms with Gasteiger partial charge in [0.05, 0.1) is 0 Å². The quantitative estimate of drug-likeness (QED) is 0.361. The number of carboxylic acid groups (broad SMARTS) is 2. The fourth-order valence-electron chi connectivity index (χ4n) is 0. The average Bonchev–Trinajstić information content (AvgIpc) is 1.41. The SMILES string of the molecule is O=C(O)O.[H-].[Li+].[O]=[Co]. The maximum atomic E-state index is 8.56. The van der Waals surface area contributed by atoms with Crippen LogP contribution in [0.15, 0.2) is 0 Å². The van der Waals surface area contributed by atoms with E-state index in [1.54, 1.807) is 0 Å². The maximum absolute atomic E-state index is 8.56. The molecule has 0 radical (unpaired) electrons. The zero-order chi connectivity index (χ0) is 5.58. The van der Waals surface area contributed by atoms with Gasteiger partial charge in [0.2, 0.25) is 0 Å². The fraction of sp³-hybridized carbons (Fsp3) is 0. The Morgan fingerprint density at radius 3 is 1.43 bits per heavy atom. The Kier molecular flexibility index (Phi) is 36.8. The first kappa shape index (κ1) is 15.7. The van der Waals surface area contributed by atoms with E-state index in [0.29, 0.717) is 0 Å². The van der Waals surface area contributed by atoms with E-state index < -0.39 is 6.16 Å². The monoisotopic (exact) mass is 145 g/mol. The normalized spacial score (nSPS) is 4.14. The summed E-state index contributed by atoms with van der Waals surface area (Å²) in [6.07, 6.45) is -1.83. The van der Waals surface area contributed by atoms with Crippen LogP contribution >= 0.6 is 0 Å². The Labute approximate surface area is 61.4 Å². The Morgan fingerprint density at radius 1 is 1.43 bits per heavy atom. The topological polar surface area (TPSA) is 74.6 Å². The number of rotatable bonds is 0. The molecule has 0 aliphatic heterocycles. The summed E-state index contributed by atoms with van der Waals surface area (Å²) in [4.78, 5) is 8.56. The van der Waals surface area contributed by atoms with Crippen molar-refractivity contribution in [3.8, 4) is 0 Å². The van der Waals surface area contributed by atoms with E-state index in [0.717, 1.165) is 0 Å². The molecule has 0 saturated heterocycles. The molecule has 0 rings (SSSR count). The fourth-order valence-corrected chi connectivity index (χ4v) is 0. The Hall–Kier alpha value is 0.174. The molecular weight excluding hydrogens is 142 g/mol. The Balaban J connectivity index is -0.0000000183. The van der Waals surface area contributed by atoms with Crippen molar-refractivity contribution in [3.63, 3.8) is 0 Å². The van der Waals surface area contributed by atoms with Crippen molar-refractivity contribution in [1.82, 2.24) is 0 Å². The summed E-state index contributed by atoms with van der Waals surface area (Å²) >= 11 is 2.31. The van der Waals surface area contributed by atoms with Crippen LogP contribution in [0.3, 0.4) is 0 Å². The van der Waals surface area contributed by atoms with Crippen LogP contribution in [0.25, 0.3) is 0 Å². The van der Waals surface area contributed by atoms with E-state index in [2.05, 4.69) is 15.7 Å². The molecule has 2 N–H and O–H groups in total. The summed E-state index contributed by atoms with van der Waals surface area (Å²) in [7, 11) is 0. The van der Waals surface area contributed by atoms with E-state index in [1.807, 2.05) is 0 Å². The van der Waals surface area contributed by atoms with Gasteiger partial charge in [-0.3, -0.25) is 0 Å².